The van der Waals surface area contributed by atoms with Gasteiger partial charge in [0.15, 0.2) is 0 Å². The fraction of sp³-hybridized carbons (Fsp3) is 0.609. The number of amides is 3. The Labute approximate surface area is 193 Å². The molecule has 0 bridgehead atoms. The molecule has 31 heavy (non-hydrogen) atoms. The number of hydrogen-bond donors (Lipinski definition) is 1. The quantitative estimate of drug-likeness (QED) is 0.715. The molecular formula is C23H29Cl2N3O3. The smallest absolute Gasteiger partial charge is 0.245 e. The van der Waals surface area contributed by atoms with Crippen molar-refractivity contribution in [3.8, 4) is 0 Å². The van der Waals surface area contributed by atoms with E-state index >= 15 is 0 Å². The van der Waals surface area contributed by atoms with Crippen molar-refractivity contribution in [2.24, 2.45) is 5.41 Å². The summed E-state index contributed by atoms with van der Waals surface area (Å²) in [5.74, 6) is -0.371. The van der Waals surface area contributed by atoms with Gasteiger partial charge in [-0.2, -0.15) is 0 Å². The van der Waals surface area contributed by atoms with Crippen molar-refractivity contribution in [2.45, 2.75) is 70.5 Å². The van der Waals surface area contributed by atoms with Crippen molar-refractivity contribution in [1.82, 2.24) is 15.1 Å². The summed E-state index contributed by atoms with van der Waals surface area (Å²) < 4.78 is 0. The topological polar surface area (TPSA) is 69.7 Å². The summed E-state index contributed by atoms with van der Waals surface area (Å²) in [6.07, 6.45) is 4.80. The predicted octanol–water partition coefficient (Wildman–Crippen LogP) is 3.95. The Kier molecular flexibility index (Phi) is 6.23. The Hall–Kier alpha value is -1.79. The first kappa shape index (κ1) is 22.4. The highest BCUT2D eigenvalue weighted by atomic mass is 35.5. The maximum absolute atomic E-state index is 13.7. The van der Waals surface area contributed by atoms with Gasteiger partial charge in [-0.25, -0.2) is 0 Å². The third-order valence-electron chi connectivity index (χ3n) is 6.96. The highest BCUT2D eigenvalue weighted by Crippen LogP contribution is 2.55. The summed E-state index contributed by atoms with van der Waals surface area (Å²) in [6.45, 7) is 4.67. The van der Waals surface area contributed by atoms with Gasteiger partial charge in [0.05, 0.1) is 6.04 Å². The van der Waals surface area contributed by atoms with Crippen molar-refractivity contribution in [1.29, 1.82) is 0 Å². The SMILES string of the molecule is CCC(=O)NC(C)C(=O)N1CC2(CC2)C[C@H]1C(=O)N1CCCC1c1cc(Cl)ccc1Cl. The first-order valence-corrected chi connectivity index (χ1v) is 11.9. The van der Waals surface area contributed by atoms with Crippen LogP contribution in [0.15, 0.2) is 18.2 Å². The standard InChI is InChI=1S/C23H29Cl2N3O3/c1-3-20(29)26-14(2)21(30)28-13-23(8-9-23)12-19(28)22(31)27-10-4-5-18(27)16-11-15(24)6-7-17(16)25/h6-7,11,14,18-19H,3-5,8-10,12-13H2,1-2H3,(H,26,29)/t14?,18?,19-/m0/s1. The van der Waals surface area contributed by atoms with Crippen LogP contribution in [0.1, 0.15) is 64.0 Å². The molecule has 2 saturated heterocycles. The molecule has 3 fully saturated rings. The van der Waals surface area contributed by atoms with E-state index in [4.69, 9.17) is 23.2 Å². The lowest BCUT2D eigenvalue weighted by Gasteiger charge is -2.33. The Morgan fingerprint density at radius 2 is 1.97 bits per heavy atom. The van der Waals surface area contributed by atoms with Crippen molar-refractivity contribution in [3.63, 3.8) is 0 Å². The number of halogens is 2. The van der Waals surface area contributed by atoms with E-state index in [-0.39, 0.29) is 29.2 Å². The van der Waals surface area contributed by atoms with Crippen LogP contribution in [0.25, 0.3) is 0 Å². The summed E-state index contributed by atoms with van der Waals surface area (Å²) in [5.41, 5.74) is 0.925. The molecule has 2 unspecified atom stereocenters. The van der Waals surface area contributed by atoms with Crippen LogP contribution in [0.5, 0.6) is 0 Å². The lowest BCUT2D eigenvalue weighted by atomic mass is 10.0. The van der Waals surface area contributed by atoms with Crippen LogP contribution in [0.2, 0.25) is 10.0 Å². The molecular weight excluding hydrogens is 437 g/mol. The molecule has 1 N–H and O–H groups in total. The van der Waals surface area contributed by atoms with E-state index in [1.54, 1.807) is 30.9 Å². The van der Waals surface area contributed by atoms with Gasteiger partial charge >= 0.3 is 0 Å². The van der Waals surface area contributed by atoms with Crippen LogP contribution in [-0.4, -0.2) is 52.7 Å². The largest absolute Gasteiger partial charge is 0.345 e. The normalized spacial score (nSPS) is 25.0. The molecule has 0 radical (unpaired) electrons. The van der Waals surface area contributed by atoms with Crippen LogP contribution < -0.4 is 5.32 Å². The zero-order chi connectivity index (χ0) is 22.3. The maximum Gasteiger partial charge on any atom is 0.245 e. The van der Waals surface area contributed by atoms with Crippen molar-refractivity contribution in [3.05, 3.63) is 33.8 Å². The van der Waals surface area contributed by atoms with Crippen LogP contribution in [0.3, 0.4) is 0 Å². The minimum absolute atomic E-state index is 0.0234. The minimum atomic E-state index is -0.645. The van der Waals surface area contributed by atoms with Crippen LogP contribution in [0.4, 0.5) is 0 Å². The molecule has 3 aliphatic rings. The lowest BCUT2D eigenvalue weighted by Crippen LogP contribution is -2.53. The highest BCUT2D eigenvalue weighted by Gasteiger charge is 2.56. The van der Waals surface area contributed by atoms with Crippen molar-refractivity contribution in [2.75, 3.05) is 13.1 Å². The number of rotatable bonds is 5. The van der Waals surface area contributed by atoms with Gasteiger partial charge in [-0.1, -0.05) is 30.1 Å². The van der Waals surface area contributed by atoms with Gasteiger partial charge in [-0.15, -0.1) is 0 Å². The molecule has 6 nitrogen and oxygen atoms in total. The number of nitrogens with zero attached hydrogens (tertiary/aromatic N) is 2. The molecule has 1 aromatic rings. The summed E-state index contributed by atoms with van der Waals surface area (Å²) in [6, 6.07) is 4.08. The van der Waals surface area contributed by atoms with Gasteiger partial charge in [0.1, 0.15) is 12.1 Å². The summed E-state index contributed by atoms with van der Waals surface area (Å²) in [5, 5.41) is 3.94. The van der Waals surface area contributed by atoms with Crippen LogP contribution in [-0.2, 0) is 14.4 Å². The second-order valence-corrected chi connectivity index (χ2v) is 10.0. The molecule has 1 aromatic carbocycles. The molecule has 1 saturated carbocycles. The number of hydrogen-bond acceptors (Lipinski definition) is 3. The Balaban J connectivity index is 1.56. The molecule has 2 heterocycles. The molecule has 1 spiro atoms. The fourth-order valence-corrected chi connectivity index (χ4v) is 5.44. The summed E-state index contributed by atoms with van der Waals surface area (Å²) in [7, 11) is 0. The number of carbonyl (C=O) groups is 3. The first-order chi connectivity index (χ1) is 14.7. The van der Waals surface area contributed by atoms with E-state index < -0.39 is 12.1 Å². The minimum Gasteiger partial charge on any atom is -0.345 e. The van der Waals surface area contributed by atoms with Gasteiger partial charge in [-0.3, -0.25) is 14.4 Å². The van der Waals surface area contributed by atoms with Gasteiger partial charge in [0, 0.05) is 29.6 Å². The lowest BCUT2D eigenvalue weighted by molar-refractivity contribution is -0.145. The monoisotopic (exact) mass is 465 g/mol. The van der Waals surface area contributed by atoms with Gasteiger partial charge in [0.25, 0.3) is 0 Å². The van der Waals surface area contributed by atoms with Gasteiger partial charge in [-0.05, 0) is 68.2 Å². The Morgan fingerprint density at radius 3 is 2.65 bits per heavy atom. The average Bonchev–Trinajstić information content (AvgIpc) is 3.16. The molecule has 168 valence electrons. The zero-order valence-electron chi connectivity index (χ0n) is 18.0. The highest BCUT2D eigenvalue weighted by molar-refractivity contribution is 6.33. The molecule has 0 aromatic heterocycles. The second kappa shape index (κ2) is 8.62. The molecule has 3 atom stereocenters. The summed E-state index contributed by atoms with van der Waals surface area (Å²) in [4.78, 5) is 42.3. The number of likely N-dealkylation sites (tertiary alicyclic amines) is 2. The summed E-state index contributed by atoms with van der Waals surface area (Å²) >= 11 is 12.6. The van der Waals surface area contributed by atoms with E-state index in [9.17, 15) is 14.4 Å². The Bertz CT molecular complexity index is 902. The average molecular weight is 466 g/mol. The van der Waals surface area contributed by atoms with Crippen LogP contribution in [0, 0.1) is 5.41 Å². The molecule has 3 amide bonds. The third kappa shape index (κ3) is 4.42. The van der Waals surface area contributed by atoms with Crippen molar-refractivity contribution >= 4 is 40.9 Å². The number of nitrogens with one attached hydrogen (secondary N) is 1. The molecule has 2 aliphatic heterocycles. The second-order valence-electron chi connectivity index (χ2n) is 9.18. The van der Waals surface area contributed by atoms with E-state index in [2.05, 4.69) is 5.32 Å². The molecule has 8 heteroatoms. The number of benzene rings is 1. The van der Waals surface area contributed by atoms with E-state index in [0.717, 1.165) is 31.2 Å². The Morgan fingerprint density at radius 1 is 1.23 bits per heavy atom. The fourth-order valence-electron chi connectivity index (χ4n) is 5.02. The maximum atomic E-state index is 13.7. The van der Waals surface area contributed by atoms with Gasteiger partial charge < -0.3 is 15.1 Å². The third-order valence-corrected chi connectivity index (χ3v) is 7.53. The first-order valence-electron chi connectivity index (χ1n) is 11.1. The van der Waals surface area contributed by atoms with E-state index in [1.807, 2.05) is 11.0 Å². The predicted molar refractivity (Wildman–Crippen MR) is 120 cm³/mol. The number of carbonyl (C=O) groups excluding carboxylic acids is 3. The van der Waals surface area contributed by atoms with Crippen molar-refractivity contribution < 1.29 is 14.4 Å². The van der Waals surface area contributed by atoms with Gasteiger partial charge in [0.2, 0.25) is 17.7 Å². The van der Waals surface area contributed by atoms with Crippen LogP contribution >= 0.6 is 23.2 Å². The van der Waals surface area contributed by atoms with E-state index in [0.29, 0.717) is 36.0 Å². The molecule has 1 aliphatic carbocycles. The zero-order valence-corrected chi connectivity index (χ0v) is 19.5. The molecule has 4 rings (SSSR count). The van der Waals surface area contributed by atoms with E-state index in [1.165, 1.54) is 0 Å².